The highest BCUT2D eigenvalue weighted by atomic mass is 35.5. The molecule has 0 saturated carbocycles. The largest absolute Gasteiger partial charge is 0.456 e. The number of aromatic nitrogens is 2. The fourth-order valence-corrected chi connectivity index (χ4v) is 3.75. The van der Waals surface area contributed by atoms with Crippen LogP contribution in [-0.2, 0) is 16.1 Å². The van der Waals surface area contributed by atoms with E-state index >= 15 is 0 Å². The number of hydrogen-bond donors (Lipinski definition) is 1. The molecule has 2 heterocycles. The van der Waals surface area contributed by atoms with Gasteiger partial charge < -0.3 is 14.6 Å². The minimum Gasteiger partial charge on any atom is -0.456 e. The van der Waals surface area contributed by atoms with E-state index in [9.17, 15) is 9.59 Å². The van der Waals surface area contributed by atoms with Gasteiger partial charge in [-0.25, -0.2) is 4.79 Å². The van der Waals surface area contributed by atoms with Crippen LogP contribution in [0.5, 0.6) is 0 Å². The molecule has 2 aromatic heterocycles. The van der Waals surface area contributed by atoms with E-state index in [2.05, 4.69) is 15.5 Å². The number of thiophene rings is 1. The quantitative estimate of drug-likeness (QED) is 0.490. The molecular formula is C19H18ClN3O4S2. The summed E-state index contributed by atoms with van der Waals surface area (Å²) >= 11 is 9.10. The van der Waals surface area contributed by atoms with Gasteiger partial charge in [0.1, 0.15) is 6.04 Å². The molecule has 0 aliphatic rings. The summed E-state index contributed by atoms with van der Waals surface area (Å²) in [6, 6.07) is 9.58. The van der Waals surface area contributed by atoms with E-state index in [0.29, 0.717) is 28.7 Å². The molecule has 0 spiro atoms. The topological polar surface area (TPSA) is 94.3 Å². The van der Waals surface area contributed by atoms with Crippen molar-refractivity contribution in [2.45, 2.75) is 19.1 Å². The van der Waals surface area contributed by atoms with E-state index in [1.54, 1.807) is 36.0 Å². The van der Waals surface area contributed by atoms with Crippen molar-refractivity contribution >= 4 is 46.6 Å². The summed E-state index contributed by atoms with van der Waals surface area (Å²) in [5.41, 5.74) is 0.301. The Morgan fingerprint density at radius 2 is 2.14 bits per heavy atom. The second kappa shape index (κ2) is 10.4. The molecule has 0 aliphatic carbocycles. The smallest absolute Gasteiger partial charge is 0.329 e. The molecule has 0 bridgehead atoms. The highest BCUT2D eigenvalue weighted by Gasteiger charge is 2.24. The number of nitrogens with one attached hydrogen (secondary N) is 1. The number of benzene rings is 1. The molecule has 0 aliphatic heterocycles. The third kappa shape index (κ3) is 5.81. The van der Waals surface area contributed by atoms with Crippen LogP contribution in [-0.4, -0.2) is 40.1 Å². The number of ether oxygens (including phenoxy) is 1. The molecule has 29 heavy (non-hydrogen) atoms. The third-order valence-electron chi connectivity index (χ3n) is 3.86. The minimum absolute atomic E-state index is 0.147. The van der Waals surface area contributed by atoms with Gasteiger partial charge in [-0.15, -0.1) is 11.3 Å². The van der Waals surface area contributed by atoms with Crippen molar-refractivity contribution in [2.75, 3.05) is 12.0 Å². The first-order valence-corrected chi connectivity index (χ1v) is 11.3. The third-order valence-corrected chi connectivity index (χ3v) is 5.69. The molecule has 3 rings (SSSR count). The van der Waals surface area contributed by atoms with Crippen molar-refractivity contribution in [1.29, 1.82) is 0 Å². The van der Waals surface area contributed by atoms with Gasteiger partial charge in [0, 0.05) is 0 Å². The number of rotatable bonds is 9. The molecule has 0 radical (unpaired) electrons. The molecule has 0 saturated heterocycles. The molecule has 0 fully saturated rings. The maximum Gasteiger partial charge on any atom is 0.329 e. The molecule has 1 atom stereocenters. The lowest BCUT2D eigenvalue weighted by Gasteiger charge is -2.17. The summed E-state index contributed by atoms with van der Waals surface area (Å²) in [7, 11) is 0. The molecule has 1 N–H and O–H groups in total. The first-order valence-electron chi connectivity index (χ1n) is 8.66. The Kier molecular flexibility index (Phi) is 7.68. The molecule has 1 amide bonds. The Hall–Kier alpha value is -2.36. The van der Waals surface area contributed by atoms with E-state index in [0.717, 1.165) is 4.88 Å². The van der Waals surface area contributed by atoms with Gasteiger partial charge >= 0.3 is 5.97 Å². The zero-order valence-corrected chi connectivity index (χ0v) is 17.9. The second-order valence-corrected chi connectivity index (χ2v) is 8.23. The van der Waals surface area contributed by atoms with Gasteiger partial charge in [0.05, 0.1) is 15.5 Å². The van der Waals surface area contributed by atoms with E-state index in [4.69, 9.17) is 20.9 Å². The molecule has 7 nitrogen and oxygen atoms in total. The number of hydrogen-bond acceptors (Lipinski definition) is 8. The SMILES string of the molecule is CSCCC(NC(=O)c1ccccc1Cl)C(=O)OCc1noc(-c2cccs2)n1. The maximum atomic E-state index is 12.5. The molecular weight excluding hydrogens is 434 g/mol. The average Bonchev–Trinajstić information content (AvgIpc) is 3.41. The Bertz CT molecular complexity index is 962. The summed E-state index contributed by atoms with van der Waals surface area (Å²) in [4.78, 5) is 30.1. The Morgan fingerprint density at radius 3 is 2.86 bits per heavy atom. The van der Waals surface area contributed by atoms with Crippen molar-refractivity contribution in [3.63, 3.8) is 0 Å². The predicted octanol–water partition coefficient (Wildman–Crippen LogP) is 4.05. The number of amides is 1. The van der Waals surface area contributed by atoms with Gasteiger partial charge in [-0.2, -0.15) is 16.7 Å². The van der Waals surface area contributed by atoms with Crippen LogP contribution in [0.2, 0.25) is 5.02 Å². The fourth-order valence-electron chi connectivity index (χ4n) is 2.42. The lowest BCUT2D eigenvalue weighted by atomic mass is 10.1. The summed E-state index contributed by atoms with van der Waals surface area (Å²) in [6.07, 6.45) is 2.34. The number of carbonyl (C=O) groups is 2. The van der Waals surface area contributed by atoms with Crippen molar-refractivity contribution in [3.05, 3.63) is 58.2 Å². The van der Waals surface area contributed by atoms with E-state index in [1.807, 2.05) is 23.8 Å². The van der Waals surface area contributed by atoms with Gasteiger partial charge in [-0.05, 0) is 42.0 Å². The van der Waals surface area contributed by atoms with Crippen LogP contribution in [0, 0.1) is 0 Å². The highest BCUT2D eigenvalue weighted by molar-refractivity contribution is 7.98. The Balaban J connectivity index is 1.61. The summed E-state index contributed by atoms with van der Waals surface area (Å²) in [6.45, 7) is -0.147. The van der Waals surface area contributed by atoms with Crippen LogP contribution in [0.1, 0.15) is 22.6 Å². The minimum atomic E-state index is -0.810. The van der Waals surface area contributed by atoms with Crippen molar-refractivity contribution in [1.82, 2.24) is 15.5 Å². The predicted molar refractivity (Wildman–Crippen MR) is 113 cm³/mol. The lowest BCUT2D eigenvalue weighted by Crippen LogP contribution is -2.42. The van der Waals surface area contributed by atoms with Gasteiger partial charge in [0.2, 0.25) is 5.82 Å². The second-order valence-electron chi connectivity index (χ2n) is 5.89. The Labute approximate surface area is 180 Å². The molecule has 3 aromatic rings. The zero-order valence-electron chi connectivity index (χ0n) is 15.5. The molecule has 1 aromatic carbocycles. The molecule has 1 unspecified atom stereocenters. The van der Waals surface area contributed by atoms with Crippen molar-refractivity contribution in [3.8, 4) is 10.8 Å². The van der Waals surface area contributed by atoms with Crippen molar-refractivity contribution < 1.29 is 18.8 Å². The number of thioether (sulfide) groups is 1. The number of esters is 1. The van der Waals surface area contributed by atoms with Crippen LogP contribution in [0.15, 0.2) is 46.3 Å². The monoisotopic (exact) mass is 451 g/mol. The Morgan fingerprint density at radius 1 is 1.31 bits per heavy atom. The highest BCUT2D eigenvalue weighted by Crippen LogP contribution is 2.22. The van der Waals surface area contributed by atoms with Crippen LogP contribution in [0.3, 0.4) is 0 Å². The summed E-state index contributed by atoms with van der Waals surface area (Å²) in [5.74, 6) is 0.299. The van der Waals surface area contributed by atoms with Crippen LogP contribution in [0.4, 0.5) is 0 Å². The first kappa shape index (κ1) is 21.4. The maximum absolute atomic E-state index is 12.5. The van der Waals surface area contributed by atoms with Crippen LogP contribution >= 0.6 is 34.7 Å². The van der Waals surface area contributed by atoms with E-state index < -0.39 is 17.9 Å². The lowest BCUT2D eigenvalue weighted by molar-refractivity contribution is -0.147. The number of halogens is 1. The van der Waals surface area contributed by atoms with Crippen LogP contribution < -0.4 is 5.32 Å². The molecule has 10 heteroatoms. The zero-order chi connectivity index (χ0) is 20.6. The van der Waals surface area contributed by atoms with E-state index in [1.165, 1.54) is 11.3 Å². The fraction of sp³-hybridized carbons (Fsp3) is 0.263. The van der Waals surface area contributed by atoms with Gasteiger partial charge in [-0.1, -0.05) is 35.0 Å². The normalized spacial score (nSPS) is 11.8. The number of carbonyl (C=O) groups excluding carboxylic acids is 2. The average molecular weight is 452 g/mol. The van der Waals surface area contributed by atoms with Crippen molar-refractivity contribution in [2.24, 2.45) is 0 Å². The standard InChI is InChI=1S/C19H18ClN3O4S2/c1-28-10-8-14(21-17(24)12-5-2-3-6-13(12)20)19(25)26-11-16-22-18(27-23-16)15-7-4-9-29-15/h2-7,9,14H,8,10-11H2,1H3,(H,21,24). The summed E-state index contributed by atoms with van der Waals surface area (Å²) in [5, 5.41) is 8.73. The van der Waals surface area contributed by atoms with Gasteiger partial charge in [0.25, 0.3) is 11.8 Å². The van der Waals surface area contributed by atoms with E-state index in [-0.39, 0.29) is 12.4 Å². The number of nitrogens with zero attached hydrogens (tertiary/aromatic N) is 2. The molecule has 152 valence electrons. The van der Waals surface area contributed by atoms with Gasteiger partial charge in [-0.3, -0.25) is 4.79 Å². The summed E-state index contributed by atoms with van der Waals surface area (Å²) < 4.78 is 10.5. The van der Waals surface area contributed by atoms with Gasteiger partial charge in [0.15, 0.2) is 6.61 Å². The van der Waals surface area contributed by atoms with Crippen LogP contribution in [0.25, 0.3) is 10.8 Å². The first-order chi connectivity index (χ1) is 14.1.